The molecule has 0 radical (unpaired) electrons. The Labute approximate surface area is 160 Å². The zero-order valence-corrected chi connectivity index (χ0v) is 16.4. The van der Waals surface area contributed by atoms with Gasteiger partial charge in [0.05, 0.1) is 20.3 Å². The smallest absolute Gasteiger partial charge is 0.255 e. The molecule has 1 aliphatic rings. The number of hydrogen-bond acceptors (Lipinski definition) is 4. The number of benzene rings is 2. The van der Waals surface area contributed by atoms with Crippen LogP contribution >= 0.6 is 0 Å². The van der Waals surface area contributed by atoms with E-state index < -0.39 is 6.04 Å². The van der Waals surface area contributed by atoms with E-state index in [0.717, 1.165) is 16.7 Å². The van der Waals surface area contributed by atoms with Gasteiger partial charge in [-0.2, -0.15) is 5.26 Å². The van der Waals surface area contributed by atoms with Crippen LogP contribution in [0.2, 0.25) is 0 Å². The van der Waals surface area contributed by atoms with Crippen LogP contribution < -0.4 is 9.47 Å². The Balaban J connectivity index is 1.96. The summed E-state index contributed by atoms with van der Waals surface area (Å²) in [5.41, 5.74) is 3.00. The van der Waals surface area contributed by atoms with Gasteiger partial charge in [0, 0.05) is 23.1 Å². The minimum Gasteiger partial charge on any atom is -0.493 e. The maximum Gasteiger partial charge on any atom is 0.255 e. The molecule has 0 fully saturated rings. The van der Waals surface area contributed by atoms with Gasteiger partial charge in [0.15, 0.2) is 11.5 Å². The van der Waals surface area contributed by atoms with Crippen molar-refractivity contribution in [2.75, 3.05) is 20.8 Å². The molecule has 0 bridgehead atoms. The van der Waals surface area contributed by atoms with E-state index in [1.165, 1.54) is 0 Å². The summed E-state index contributed by atoms with van der Waals surface area (Å²) in [5, 5.41) is 9.73. The van der Waals surface area contributed by atoms with Gasteiger partial charge in [-0.1, -0.05) is 38.1 Å². The number of fused-ring (bicyclic) bond motifs is 1. The highest BCUT2D eigenvalue weighted by atomic mass is 16.5. The molecule has 5 heteroatoms. The number of hydrogen-bond donors (Lipinski definition) is 0. The molecule has 0 saturated heterocycles. The minimum absolute atomic E-state index is 0.0804. The number of nitrogens with zero attached hydrogens (tertiary/aromatic N) is 2. The zero-order chi connectivity index (χ0) is 19.8. The minimum atomic E-state index is -0.563. The number of rotatable bonds is 5. The Kier molecular flexibility index (Phi) is 4.84. The molecule has 3 rings (SSSR count). The second-order valence-electron chi connectivity index (χ2n) is 7.46. The van der Waals surface area contributed by atoms with Crippen LogP contribution in [0, 0.1) is 18.3 Å². The van der Waals surface area contributed by atoms with Gasteiger partial charge in [-0.3, -0.25) is 4.79 Å². The van der Waals surface area contributed by atoms with E-state index in [0.29, 0.717) is 23.6 Å². The lowest BCUT2D eigenvalue weighted by atomic mass is 9.83. The highest BCUT2D eigenvalue weighted by molar-refractivity contribution is 6.01. The number of carbonyl (C=O) groups excluding carboxylic acids is 1. The molecule has 27 heavy (non-hydrogen) atoms. The summed E-state index contributed by atoms with van der Waals surface area (Å²) in [7, 11) is 3.20. The normalized spacial score (nSPS) is 16.1. The van der Waals surface area contributed by atoms with Crippen LogP contribution in [0.25, 0.3) is 0 Å². The summed E-state index contributed by atoms with van der Waals surface area (Å²) in [6, 6.07) is 13.2. The summed E-state index contributed by atoms with van der Waals surface area (Å²) in [6.45, 7) is 6.46. The Bertz CT molecular complexity index is 928. The molecule has 1 aliphatic heterocycles. The van der Waals surface area contributed by atoms with Crippen LogP contribution in [0.3, 0.4) is 0 Å². The van der Waals surface area contributed by atoms with Crippen molar-refractivity contribution >= 4 is 5.91 Å². The lowest BCUT2D eigenvalue weighted by Gasteiger charge is -2.32. The molecular formula is C22H24N2O3. The molecule has 0 spiro atoms. The molecule has 0 aliphatic carbocycles. The lowest BCUT2D eigenvalue weighted by molar-refractivity contribution is 0.0721. The first-order valence-corrected chi connectivity index (χ1v) is 8.86. The first kappa shape index (κ1) is 18.8. The third kappa shape index (κ3) is 3.12. The number of carbonyl (C=O) groups is 1. The van der Waals surface area contributed by atoms with Gasteiger partial charge < -0.3 is 14.4 Å². The van der Waals surface area contributed by atoms with Crippen molar-refractivity contribution in [1.82, 2.24) is 4.90 Å². The third-order valence-corrected chi connectivity index (χ3v) is 5.24. The van der Waals surface area contributed by atoms with Crippen molar-refractivity contribution < 1.29 is 14.3 Å². The summed E-state index contributed by atoms with van der Waals surface area (Å²) in [6.07, 6.45) is 0. The van der Waals surface area contributed by atoms with E-state index >= 15 is 0 Å². The third-order valence-electron chi connectivity index (χ3n) is 5.24. The molecule has 1 heterocycles. The van der Waals surface area contributed by atoms with Gasteiger partial charge in [-0.15, -0.1) is 0 Å². The van der Waals surface area contributed by atoms with Crippen LogP contribution in [0.5, 0.6) is 11.5 Å². The average molecular weight is 364 g/mol. The fourth-order valence-electron chi connectivity index (χ4n) is 3.72. The van der Waals surface area contributed by atoms with Gasteiger partial charge in [0.2, 0.25) is 0 Å². The van der Waals surface area contributed by atoms with Gasteiger partial charge in [0.25, 0.3) is 5.91 Å². The quantitative estimate of drug-likeness (QED) is 0.804. The van der Waals surface area contributed by atoms with Gasteiger partial charge in [-0.05, 0) is 30.2 Å². The fraction of sp³-hybridized carbons (Fsp3) is 0.364. The van der Waals surface area contributed by atoms with Crippen molar-refractivity contribution in [1.29, 1.82) is 5.26 Å². The Hall–Kier alpha value is -3.00. The van der Waals surface area contributed by atoms with E-state index in [1.54, 1.807) is 19.1 Å². The molecule has 1 unspecified atom stereocenters. The van der Waals surface area contributed by atoms with E-state index in [9.17, 15) is 10.1 Å². The fourth-order valence-corrected chi connectivity index (χ4v) is 3.72. The van der Waals surface area contributed by atoms with E-state index in [4.69, 9.17) is 9.47 Å². The molecule has 2 aromatic rings. The highest BCUT2D eigenvalue weighted by Crippen LogP contribution is 2.39. The van der Waals surface area contributed by atoms with Gasteiger partial charge >= 0.3 is 0 Å². The SMILES string of the molecule is COc1ccc(C(C)(C)CN2C(=O)c3c(C)cccc3C2C#N)cc1OC. The molecule has 140 valence electrons. The average Bonchev–Trinajstić information content (AvgIpc) is 2.93. The van der Waals surface area contributed by atoms with E-state index in [2.05, 4.69) is 19.9 Å². The van der Waals surface area contributed by atoms with Gasteiger partial charge in [-0.25, -0.2) is 0 Å². The number of ether oxygens (including phenoxy) is 2. The predicted molar refractivity (Wildman–Crippen MR) is 103 cm³/mol. The summed E-state index contributed by atoms with van der Waals surface area (Å²) in [5.74, 6) is 1.22. The topological polar surface area (TPSA) is 62.6 Å². The van der Waals surface area contributed by atoms with Crippen molar-refractivity contribution in [3.05, 3.63) is 58.7 Å². The number of amides is 1. The zero-order valence-electron chi connectivity index (χ0n) is 16.4. The van der Waals surface area contributed by atoms with Gasteiger partial charge in [0.1, 0.15) is 6.04 Å². The molecule has 1 amide bonds. The first-order valence-electron chi connectivity index (χ1n) is 8.86. The lowest BCUT2D eigenvalue weighted by Crippen LogP contribution is -2.39. The number of aryl methyl sites for hydroxylation is 1. The second kappa shape index (κ2) is 6.96. The Morgan fingerprint density at radius 1 is 1.15 bits per heavy atom. The Morgan fingerprint density at radius 2 is 1.85 bits per heavy atom. The summed E-state index contributed by atoms with van der Waals surface area (Å²) < 4.78 is 10.7. The van der Waals surface area contributed by atoms with Crippen molar-refractivity contribution in [2.24, 2.45) is 0 Å². The molecule has 2 aromatic carbocycles. The largest absolute Gasteiger partial charge is 0.493 e. The van der Waals surface area contributed by atoms with Crippen LogP contribution in [0.15, 0.2) is 36.4 Å². The van der Waals surface area contributed by atoms with E-state index in [-0.39, 0.29) is 11.3 Å². The standard InChI is InChI=1S/C22H24N2O3/c1-14-7-6-8-16-17(12-23)24(21(25)20(14)16)13-22(2,3)15-9-10-18(26-4)19(11-15)27-5/h6-11,17H,13H2,1-5H3. The molecule has 5 nitrogen and oxygen atoms in total. The van der Waals surface area contributed by atoms with Crippen LogP contribution in [-0.4, -0.2) is 31.6 Å². The van der Waals surface area contributed by atoms with Crippen LogP contribution in [0.1, 0.15) is 46.9 Å². The summed E-state index contributed by atoms with van der Waals surface area (Å²) in [4.78, 5) is 14.7. The van der Waals surface area contributed by atoms with Crippen LogP contribution in [0.4, 0.5) is 0 Å². The molecule has 0 saturated carbocycles. The molecule has 0 N–H and O–H groups in total. The van der Waals surface area contributed by atoms with Crippen molar-refractivity contribution in [2.45, 2.75) is 32.2 Å². The molecule has 0 aromatic heterocycles. The number of methoxy groups -OCH3 is 2. The highest BCUT2D eigenvalue weighted by Gasteiger charge is 2.40. The molecule has 1 atom stereocenters. The van der Waals surface area contributed by atoms with Crippen molar-refractivity contribution in [3.63, 3.8) is 0 Å². The van der Waals surface area contributed by atoms with E-state index in [1.807, 2.05) is 43.3 Å². The summed E-state index contributed by atoms with van der Waals surface area (Å²) >= 11 is 0. The number of nitriles is 1. The second-order valence-corrected chi connectivity index (χ2v) is 7.46. The van der Waals surface area contributed by atoms with Crippen molar-refractivity contribution in [3.8, 4) is 17.6 Å². The monoisotopic (exact) mass is 364 g/mol. The molecular weight excluding hydrogens is 340 g/mol. The maximum atomic E-state index is 13.0. The maximum absolute atomic E-state index is 13.0. The first-order chi connectivity index (χ1) is 12.8. The Morgan fingerprint density at radius 3 is 2.48 bits per heavy atom. The predicted octanol–water partition coefficient (Wildman–Crippen LogP) is 4.01. The van der Waals surface area contributed by atoms with Crippen LogP contribution in [-0.2, 0) is 5.41 Å².